The van der Waals surface area contributed by atoms with Crippen LogP contribution < -0.4 is 0 Å². The smallest absolute Gasteiger partial charge is 0.342 e. The van der Waals surface area contributed by atoms with Gasteiger partial charge in [0.05, 0.1) is 23.7 Å². The number of aromatic carboxylic acids is 1. The number of hydrogen-bond donors (Lipinski definition) is 3. The molecular weight excluding hydrogens is 281 g/mol. The quantitative estimate of drug-likeness (QED) is 0.404. The fourth-order valence-electron chi connectivity index (χ4n) is 1.21. The lowest BCUT2D eigenvalue weighted by Crippen LogP contribution is -2.14. The van der Waals surface area contributed by atoms with E-state index in [1.165, 1.54) is 0 Å². The first-order valence-electron chi connectivity index (χ1n) is 4.99. The molecule has 104 valence electrons. The zero-order valence-electron chi connectivity index (χ0n) is 9.45. The third kappa shape index (κ3) is 3.88. The van der Waals surface area contributed by atoms with Crippen LogP contribution in [0.15, 0.2) is 17.0 Å². The van der Waals surface area contributed by atoms with Gasteiger partial charge in [-0.2, -0.15) is 0 Å². The van der Waals surface area contributed by atoms with Crippen molar-refractivity contribution in [2.45, 2.75) is 11.0 Å². The summed E-state index contributed by atoms with van der Waals surface area (Å²) < 4.78 is 13.5. The van der Waals surface area contributed by atoms with E-state index in [4.69, 9.17) is 15.3 Å². The van der Waals surface area contributed by atoms with Gasteiger partial charge in [-0.15, -0.1) is 11.8 Å². The summed E-state index contributed by atoms with van der Waals surface area (Å²) in [5.41, 5.74) is -1.47. The summed E-state index contributed by atoms with van der Waals surface area (Å²) in [5.74, 6) is -2.56. The number of thioether (sulfide) groups is 1. The first-order valence-corrected chi connectivity index (χ1v) is 5.98. The van der Waals surface area contributed by atoms with Gasteiger partial charge in [0.15, 0.2) is 0 Å². The van der Waals surface area contributed by atoms with Gasteiger partial charge >= 0.3 is 5.97 Å². The van der Waals surface area contributed by atoms with Gasteiger partial charge < -0.3 is 15.3 Å². The largest absolute Gasteiger partial charge is 0.477 e. The maximum Gasteiger partial charge on any atom is 0.342 e. The van der Waals surface area contributed by atoms with Gasteiger partial charge in [0.25, 0.3) is 5.69 Å². The molecule has 1 rings (SSSR count). The number of aliphatic hydroxyl groups is 2. The lowest BCUT2D eigenvalue weighted by atomic mass is 10.2. The molecule has 0 heterocycles. The Morgan fingerprint density at radius 3 is 2.63 bits per heavy atom. The first-order chi connectivity index (χ1) is 8.86. The minimum absolute atomic E-state index is 0.0652. The Kier molecular flexibility index (Phi) is 5.21. The summed E-state index contributed by atoms with van der Waals surface area (Å²) in [6.45, 7) is -0.520. The van der Waals surface area contributed by atoms with Crippen LogP contribution in [0, 0.1) is 15.9 Å². The van der Waals surface area contributed by atoms with Crippen molar-refractivity contribution in [2.24, 2.45) is 0 Å². The van der Waals surface area contributed by atoms with Crippen LogP contribution in [0.2, 0.25) is 0 Å². The van der Waals surface area contributed by atoms with Crippen molar-refractivity contribution in [3.63, 3.8) is 0 Å². The van der Waals surface area contributed by atoms with E-state index >= 15 is 0 Å². The molecule has 1 unspecified atom stereocenters. The van der Waals surface area contributed by atoms with Crippen LogP contribution in [0.25, 0.3) is 0 Å². The van der Waals surface area contributed by atoms with Crippen molar-refractivity contribution in [2.75, 3.05) is 12.4 Å². The lowest BCUT2D eigenvalue weighted by Gasteiger charge is -2.08. The standard InChI is InChI=1S/C10H10FNO6S/c11-7-2-8(12(17)18)6(10(15)16)1-9(7)19-4-5(14)3-13/h1-2,5,13-14H,3-4H2,(H,15,16). The number of benzene rings is 1. The van der Waals surface area contributed by atoms with Crippen LogP contribution in [-0.4, -0.2) is 44.7 Å². The van der Waals surface area contributed by atoms with Crippen molar-refractivity contribution >= 4 is 23.4 Å². The highest BCUT2D eigenvalue weighted by atomic mass is 32.2. The SMILES string of the molecule is O=C(O)c1cc(SCC(O)CO)c(F)cc1[N+](=O)[O-]. The minimum Gasteiger partial charge on any atom is -0.477 e. The molecule has 0 radical (unpaired) electrons. The zero-order valence-corrected chi connectivity index (χ0v) is 10.3. The molecule has 19 heavy (non-hydrogen) atoms. The molecule has 7 nitrogen and oxygen atoms in total. The van der Waals surface area contributed by atoms with E-state index in [1.54, 1.807) is 0 Å². The second kappa shape index (κ2) is 6.45. The van der Waals surface area contributed by atoms with E-state index in [0.717, 1.165) is 17.8 Å². The molecule has 0 amide bonds. The molecule has 0 saturated heterocycles. The predicted octanol–water partition coefficient (Wildman–Crippen LogP) is 0.877. The number of carboxylic acids is 1. The molecule has 1 aromatic carbocycles. The van der Waals surface area contributed by atoms with Crippen molar-refractivity contribution in [3.8, 4) is 0 Å². The average Bonchev–Trinajstić information content (AvgIpc) is 2.35. The number of rotatable bonds is 6. The number of hydrogen-bond acceptors (Lipinski definition) is 6. The Bertz CT molecular complexity index is 509. The van der Waals surface area contributed by atoms with Crippen LogP contribution in [0.3, 0.4) is 0 Å². The highest BCUT2D eigenvalue weighted by Gasteiger charge is 2.23. The van der Waals surface area contributed by atoms with Gasteiger partial charge in [-0.1, -0.05) is 0 Å². The molecule has 3 N–H and O–H groups in total. The maximum atomic E-state index is 13.5. The number of carboxylic acid groups (broad SMARTS) is 1. The maximum absolute atomic E-state index is 13.5. The highest BCUT2D eigenvalue weighted by Crippen LogP contribution is 2.29. The normalized spacial score (nSPS) is 12.2. The summed E-state index contributed by atoms with van der Waals surface area (Å²) in [6, 6.07) is 1.36. The van der Waals surface area contributed by atoms with E-state index in [-0.39, 0.29) is 10.6 Å². The summed E-state index contributed by atoms with van der Waals surface area (Å²) in [7, 11) is 0. The second-order valence-electron chi connectivity index (χ2n) is 3.51. The van der Waals surface area contributed by atoms with Crippen molar-refractivity contribution in [1.82, 2.24) is 0 Å². The summed E-state index contributed by atoms with van der Waals surface area (Å²) in [4.78, 5) is 20.3. The molecule has 0 aliphatic heterocycles. The monoisotopic (exact) mass is 291 g/mol. The Hall–Kier alpha value is -1.71. The van der Waals surface area contributed by atoms with Gasteiger partial charge in [-0.25, -0.2) is 9.18 Å². The van der Waals surface area contributed by atoms with Crippen LogP contribution >= 0.6 is 11.8 Å². The topological polar surface area (TPSA) is 121 Å². The van der Waals surface area contributed by atoms with Crippen molar-refractivity contribution in [1.29, 1.82) is 0 Å². The molecule has 0 saturated carbocycles. The van der Waals surface area contributed by atoms with Crippen molar-refractivity contribution in [3.05, 3.63) is 33.6 Å². The Labute approximate surface area is 110 Å². The number of nitro benzene ring substituents is 1. The lowest BCUT2D eigenvalue weighted by molar-refractivity contribution is -0.385. The minimum atomic E-state index is -1.55. The number of nitrogens with zero attached hydrogens (tertiary/aromatic N) is 1. The molecule has 0 spiro atoms. The van der Waals surface area contributed by atoms with Crippen LogP contribution in [0.1, 0.15) is 10.4 Å². The Morgan fingerprint density at radius 1 is 1.53 bits per heavy atom. The summed E-state index contributed by atoms with van der Waals surface area (Å²) >= 11 is 0.761. The molecule has 0 fully saturated rings. The predicted molar refractivity (Wildman–Crippen MR) is 63.8 cm³/mol. The fraction of sp³-hybridized carbons (Fsp3) is 0.300. The highest BCUT2D eigenvalue weighted by molar-refractivity contribution is 7.99. The molecule has 1 aromatic rings. The van der Waals surface area contributed by atoms with E-state index in [1.807, 2.05) is 0 Å². The van der Waals surface area contributed by atoms with Gasteiger partial charge in [-0.05, 0) is 6.07 Å². The number of carbonyl (C=O) groups is 1. The summed E-state index contributed by atoms with van der Waals surface area (Å²) in [6.07, 6.45) is -1.09. The Balaban J connectivity index is 3.10. The van der Waals surface area contributed by atoms with Gasteiger partial charge in [0.1, 0.15) is 11.4 Å². The molecule has 9 heteroatoms. The number of nitro groups is 1. The average molecular weight is 291 g/mol. The summed E-state index contributed by atoms with van der Waals surface area (Å²) in [5, 5.41) is 37.1. The van der Waals surface area contributed by atoms with Gasteiger partial charge in [0.2, 0.25) is 0 Å². The van der Waals surface area contributed by atoms with E-state index in [9.17, 15) is 19.3 Å². The van der Waals surface area contributed by atoms with Gasteiger partial charge in [-0.3, -0.25) is 10.1 Å². The van der Waals surface area contributed by atoms with E-state index in [2.05, 4.69) is 0 Å². The third-order valence-corrected chi connectivity index (χ3v) is 3.29. The number of halogens is 1. The number of aliphatic hydroxyl groups excluding tert-OH is 2. The van der Waals surface area contributed by atoms with Crippen LogP contribution in [0.4, 0.5) is 10.1 Å². The fourth-order valence-corrected chi connectivity index (χ4v) is 2.09. The Morgan fingerprint density at radius 2 is 2.16 bits per heavy atom. The van der Waals surface area contributed by atoms with Gasteiger partial charge in [0, 0.05) is 10.6 Å². The van der Waals surface area contributed by atoms with Crippen molar-refractivity contribution < 1.29 is 29.4 Å². The zero-order chi connectivity index (χ0) is 14.6. The van der Waals surface area contributed by atoms with E-state index < -0.39 is 40.7 Å². The third-order valence-electron chi connectivity index (χ3n) is 2.12. The second-order valence-corrected chi connectivity index (χ2v) is 4.57. The first kappa shape index (κ1) is 15.3. The molecular formula is C10H10FNO6S. The van der Waals surface area contributed by atoms with Crippen LogP contribution in [-0.2, 0) is 0 Å². The van der Waals surface area contributed by atoms with E-state index in [0.29, 0.717) is 6.07 Å². The molecule has 0 aliphatic carbocycles. The molecule has 0 aromatic heterocycles. The molecule has 0 bridgehead atoms. The molecule has 0 aliphatic rings. The molecule has 1 atom stereocenters. The van der Waals surface area contributed by atoms with Crippen LogP contribution in [0.5, 0.6) is 0 Å².